The molecule has 0 fully saturated rings. The number of likely N-dealkylation sites (N-methyl/N-ethyl adjacent to an activating group) is 1. The van der Waals surface area contributed by atoms with Crippen LogP contribution in [0.25, 0.3) is 10.9 Å². The van der Waals surface area contributed by atoms with Crippen molar-refractivity contribution in [1.29, 1.82) is 0 Å². The Labute approximate surface area is 109 Å². The summed E-state index contributed by atoms with van der Waals surface area (Å²) in [5.74, 6) is 0.676. The van der Waals surface area contributed by atoms with Gasteiger partial charge < -0.3 is 10.3 Å². The molecule has 0 amide bonds. The number of nitrogens with one attached hydrogen (secondary N) is 2. The molecule has 1 heterocycles. The van der Waals surface area contributed by atoms with Gasteiger partial charge in [0.15, 0.2) is 0 Å². The monoisotopic (exact) mass is 242 g/mol. The quantitative estimate of drug-likeness (QED) is 0.829. The number of rotatable bonds is 2. The normalized spacial score (nSPS) is 19.2. The van der Waals surface area contributed by atoms with Crippen molar-refractivity contribution >= 4 is 10.9 Å². The summed E-state index contributed by atoms with van der Waals surface area (Å²) in [6.45, 7) is 5.51. The van der Waals surface area contributed by atoms with Crippen molar-refractivity contribution in [2.75, 3.05) is 13.6 Å². The molecule has 2 heteroatoms. The maximum Gasteiger partial charge on any atom is 0.0491 e. The molecule has 0 saturated carbocycles. The molecule has 1 aliphatic carbocycles. The highest BCUT2D eigenvalue weighted by molar-refractivity contribution is 5.89. The molecule has 1 aromatic carbocycles. The van der Waals surface area contributed by atoms with E-state index in [1.165, 1.54) is 47.0 Å². The van der Waals surface area contributed by atoms with Crippen LogP contribution in [0.15, 0.2) is 12.1 Å². The fourth-order valence-corrected chi connectivity index (χ4v) is 3.37. The van der Waals surface area contributed by atoms with Gasteiger partial charge in [-0.3, -0.25) is 0 Å². The molecule has 1 unspecified atom stereocenters. The molecule has 0 saturated heterocycles. The van der Waals surface area contributed by atoms with E-state index < -0.39 is 0 Å². The third kappa shape index (κ3) is 1.67. The van der Waals surface area contributed by atoms with Crippen LogP contribution in [0.2, 0.25) is 0 Å². The summed E-state index contributed by atoms with van der Waals surface area (Å²) >= 11 is 0. The van der Waals surface area contributed by atoms with E-state index in [0.29, 0.717) is 5.92 Å². The molecule has 96 valence electrons. The van der Waals surface area contributed by atoms with E-state index in [1.54, 1.807) is 5.56 Å². The molecule has 1 aliphatic rings. The molecule has 2 aromatic rings. The number of hydrogen-bond donors (Lipinski definition) is 2. The Morgan fingerprint density at radius 3 is 2.94 bits per heavy atom. The van der Waals surface area contributed by atoms with Crippen LogP contribution in [-0.2, 0) is 6.42 Å². The second-order valence-electron chi connectivity index (χ2n) is 5.59. The van der Waals surface area contributed by atoms with Crippen molar-refractivity contribution in [1.82, 2.24) is 10.3 Å². The van der Waals surface area contributed by atoms with Gasteiger partial charge >= 0.3 is 0 Å². The summed E-state index contributed by atoms with van der Waals surface area (Å²) < 4.78 is 0. The van der Waals surface area contributed by atoms with Crippen molar-refractivity contribution in [2.45, 2.75) is 39.0 Å². The van der Waals surface area contributed by atoms with Gasteiger partial charge in [-0.1, -0.05) is 12.1 Å². The first-order chi connectivity index (χ1) is 8.72. The van der Waals surface area contributed by atoms with E-state index in [4.69, 9.17) is 0 Å². The highest BCUT2D eigenvalue weighted by Gasteiger charge is 2.24. The van der Waals surface area contributed by atoms with Gasteiger partial charge in [-0.15, -0.1) is 0 Å². The highest BCUT2D eigenvalue weighted by atomic mass is 14.8. The minimum Gasteiger partial charge on any atom is -0.358 e. The molecule has 0 radical (unpaired) electrons. The van der Waals surface area contributed by atoms with E-state index in [2.05, 4.69) is 43.3 Å². The number of hydrogen-bond acceptors (Lipinski definition) is 1. The Bertz CT molecular complexity index is 580. The lowest BCUT2D eigenvalue weighted by Crippen LogP contribution is -2.20. The van der Waals surface area contributed by atoms with E-state index in [9.17, 15) is 0 Å². The third-order valence-electron chi connectivity index (χ3n) is 4.47. The molecule has 3 rings (SSSR count). The van der Waals surface area contributed by atoms with Crippen LogP contribution < -0.4 is 5.32 Å². The molecule has 0 aliphatic heterocycles. The second kappa shape index (κ2) is 4.43. The van der Waals surface area contributed by atoms with Crippen molar-refractivity contribution in [2.24, 2.45) is 0 Å². The van der Waals surface area contributed by atoms with Crippen LogP contribution in [0.1, 0.15) is 41.1 Å². The number of H-pyrrole nitrogens is 1. The first kappa shape index (κ1) is 11.8. The number of benzene rings is 1. The zero-order valence-corrected chi connectivity index (χ0v) is 11.6. The predicted molar refractivity (Wildman–Crippen MR) is 77.4 cm³/mol. The van der Waals surface area contributed by atoms with Gasteiger partial charge in [0, 0.05) is 23.1 Å². The van der Waals surface area contributed by atoms with Gasteiger partial charge in [-0.2, -0.15) is 0 Å². The fourth-order valence-electron chi connectivity index (χ4n) is 3.37. The summed E-state index contributed by atoms with van der Waals surface area (Å²) in [5, 5.41) is 4.80. The van der Waals surface area contributed by atoms with Crippen LogP contribution in [0.5, 0.6) is 0 Å². The van der Waals surface area contributed by atoms with Crippen molar-refractivity contribution < 1.29 is 0 Å². The summed E-state index contributed by atoms with van der Waals surface area (Å²) in [6, 6.07) is 4.57. The molecule has 18 heavy (non-hydrogen) atoms. The van der Waals surface area contributed by atoms with Crippen molar-refractivity contribution in [3.63, 3.8) is 0 Å². The van der Waals surface area contributed by atoms with Gasteiger partial charge in [-0.25, -0.2) is 0 Å². The average Bonchev–Trinajstić information content (AvgIpc) is 2.75. The maximum atomic E-state index is 3.69. The fraction of sp³-hybridized carbons (Fsp3) is 0.500. The van der Waals surface area contributed by atoms with Crippen molar-refractivity contribution in [3.8, 4) is 0 Å². The summed E-state index contributed by atoms with van der Waals surface area (Å²) in [5.41, 5.74) is 7.21. The predicted octanol–water partition coefficient (Wildman–Crippen LogP) is 3.42. The first-order valence-corrected chi connectivity index (χ1v) is 6.97. The second-order valence-corrected chi connectivity index (χ2v) is 5.59. The molecule has 1 atom stereocenters. The molecular weight excluding hydrogens is 220 g/mol. The average molecular weight is 242 g/mol. The molecule has 0 spiro atoms. The van der Waals surface area contributed by atoms with Gasteiger partial charge in [-0.05, 0) is 62.8 Å². The van der Waals surface area contributed by atoms with Crippen molar-refractivity contribution in [3.05, 3.63) is 34.5 Å². The number of fused-ring (bicyclic) bond motifs is 3. The van der Waals surface area contributed by atoms with E-state index in [1.807, 2.05) is 0 Å². The van der Waals surface area contributed by atoms with Gasteiger partial charge in [0.1, 0.15) is 0 Å². The number of aryl methyl sites for hydroxylation is 3. The minimum absolute atomic E-state index is 0.676. The number of aromatic nitrogens is 1. The highest BCUT2D eigenvalue weighted by Crippen LogP contribution is 2.38. The van der Waals surface area contributed by atoms with Crippen LogP contribution in [0.3, 0.4) is 0 Å². The Kier molecular flexibility index (Phi) is 2.90. The third-order valence-corrected chi connectivity index (χ3v) is 4.47. The van der Waals surface area contributed by atoms with E-state index in [-0.39, 0.29) is 0 Å². The SMILES string of the molecule is CNCC1CCCc2[nH]c3c(C)c(C)ccc3c21. The molecule has 2 nitrogen and oxygen atoms in total. The van der Waals surface area contributed by atoms with Crippen LogP contribution in [0.4, 0.5) is 0 Å². The minimum atomic E-state index is 0.676. The van der Waals surface area contributed by atoms with Gasteiger partial charge in [0.05, 0.1) is 0 Å². The van der Waals surface area contributed by atoms with E-state index >= 15 is 0 Å². The molecule has 2 N–H and O–H groups in total. The standard InChI is InChI=1S/C16H22N2/c1-10-7-8-13-15-12(9-17-3)5-4-6-14(15)18-16(13)11(10)2/h7-8,12,17-18H,4-6,9H2,1-3H3. The zero-order valence-electron chi connectivity index (χ0n) is 11.6. The molecule has 0 bridgehead atoms. The number of aromatic amines is 1. The summed E-state index contributed by atoms with van der Waals surface area (Å²) in [6.07, 6.45) is 3.83. The van der Waals surface area contributed by atoms with Gasteiger partial charge in [0.2, 0.25) is 0 Å². The smallest absolute Gasteiger partial charge is 0.0491 e. The van der Waals surface area contributed by atoms with Crippen LogP contribution in [0, 0.1) is 13.8 Å². The maximum absolute atomic E-state index is 3.69. The summed E-state index contributed by atoms with van der Waals surface area (Å²) in [4.78, 5) is 3.69. The lowest BCUT2D eigenvalue weighted by atomic mass is 9.85. The zero-order chi connectivity index (χ0) is 12.7. The molecular formula is C16H22N2. The Morgan fingerprint density at radius 2 is 2.17 bits per heavy atom. The Hall–Kier alpha value is -1.28. The topological polar surface area (TPSA) is 27.8 Å². The Morgan fingerprint density at radius 1 is 1.33 bits per heavy atom. The first-order valence-electron chi connectivity index (χ1n) is 6.97. The summed E-state index contributed by atoms with van der Waals surface area (Å²) in [7, 11) is 2.05. The van der Waals surface area contributed by atoms with Crippen LogP contribution >= 0.6 is 0 Å². The van der Waals surface area contributed by atoms with Gasteiger partial charge in [0.25, 0.3) is 0 Å². The lowest BCUT2D eigenvalue weighted by molar-refractivity contribution is 0.529. The Balaban J connectivity index is 2.22. The van der Waals surface area contributed by atoms with E-state index in [0.717, 1.165) is 6.54 Å². The molecule has 1 aromatic heterocycles. The largest absolute Gasteiger partial charge is 0.358 e. The van der Waals surface area contributed by atoms with Crippen LogP contribution in [-0.4, -0.2) is 18.6 Å². The lowest BCUT2D eigenvalue weighted by Gasteiger charge is -2.22.